The number of nitrogens with zero attached hydrogens (tertiary/aromatic N) is 4. The van der Waals surface area contributed by atoms with Crippen LogP contribution in [-0.2, 0) is 4.74 Å². The van der Waals surface area contributed by atoms with Gasteiger partial charge in [-0.05, 0) is 40.0 Å². The fraction of sp³-hybridized carbons (Fsp3) is 0.417. The average molecular weight is 486 g/mol. The van der Waals surface area contributed by atoms with Crippen LogP contribution in [-0.4, -0.2) is 65.2 Å². The number of hydrogen-bond acceptors (Lipinski definition) is 8. The van der Waals surface area contributed by atoms with Crippen LogP contribution >= 0.6 is 11.3 Å². The predicted octanol–water partition coefficient (Wildman–Crippen LogP) is 3.56. The minimum atomic E-state index is -0.639. The SMILES string of the molecule is Cc1ncc([C@@H](C)NC(=O)c2cc(OCC3CN(C)CCO3)cc(-c3ncc(C)s3)c2F)cn1. The number of thiazole rings is 1. The van der Waals surface area contributed by atoms with E-state index in [1.165, 1.54) is 17.4 Å². The van der Waals surface area contributed by atoms with Crippen molar-refractivity contribution in [3.05, 3.63) is 58.4 Å². The summed E-state index contributed by atoms with van der Waals surface area (Å²) in [5.74, 6) is -0.174. The molecule has 3 aromatic rings. The van der Waals surface area contributed by atoms with Gasteiger partial charge in [-0.25, -0.2) is 19.3 Å². The number of likely N-dealkylation sites (N-methyl/N-ethyl adjacent to an activating group) is 1. The summed E-state index contributed by atoms with van der Waals surface area (Å²) in [4.78, 5) is 28.9. The van der Waals surface area contributed by atoms with E-state index in [9.17, 15) is 4.79 Å². The van der Waals surface area contributed by atoms with Crippen molar-refractivity contribution < 1.29 is 18.7 Å². The maximum Gasteiger partial charge on any atom is 0.254 e. The number of rotatable bonds is 7. The fourth-order valence-electron chi connectivity index (χ4n) is 3.62. The molecule has 0 aliphatic carbocycles. The van der Waals surface area contributed by atoms with E-state index in [2.05, 4.69) is 25.2 Å². The lowest BCUT2D eigenvalue weighted by Crippen LogP contribution is -2.42. The highest BCUT2D eigenvalue weighted by Gasteiger charge is 2.23. The molecule has 0 radical (unpaired) electrons. The minimum absolute atomic E-state index is 0.104. The summed E-state index contributed by atoms with van der Waals surface area (Å²) in [5, 5.41) is 3.32. The van der Waals surface area contributed by atoms with Crippen LogP contribution in [0.4, 0.5) is 4.39 Å². The lowest BCUT2D eigenvalue weighted by Gasteiger charge is -2.29. The molecule has 1 aliphatic heterocycles. The van der Waals surface area contributed by atoms with Crippen LogP contribution in [0, 0.1) is 19.7 Å². The van der Waals surface area contributed by atoms with Crippen LogP contribution in [0.2, 0.25) is 0 Å². The first-order valence-corrected chi connectivity index (χ1v) is 11.9. The molecule has 2 atom stereocenters. The number of carbonyl (C=O) groups is 1. The molecule has 1 amide bonds. The molecular weight excluding hydrogens is 457 g/mol. The third kappa shape index (κ3) is 5.75. The summed E-state index contributed by atoms with van der Waals surface area (Å²) in [6.07, 6.45) is 4.87. The minimum Gasteiger partial charge on any atom is -0.491 e. The van der Waals surface area contributed by atoms with Crippen molar-refractivity contribution >= 4 is 17.2 Å². The normalized spacial score (nSPS) is 17.4. The van der Waals surface area contributed by atoms with E-state index in [1.54, 1.807) is 38.5 Å². The van der Waals surface area contributed by atoms with Crippen molar-refractivity contribution in [3.63, 3.8) is 0 Å². The number of amides is 1. The van der Waals surface area contributed by atoms with Gasteiger partial charge in [-0.2, -0.15) is 0 Å². The average Bonchev–Trinajstić information content (AvgIpc) is 3.24. The van der Waals surface area contributed by atoms with Gasteiger partial charge in [0.2, 0.25) is 0 Å². The number of aromatic nitrogens is 3. The number of benzene rings is 1. The van der Waals surface area contributed by atoms with Crippen molar-refractivity contribution in [2.45, 2.75) is 32.9 Å². The van der Waals surface area contributed by atoms with Gasteiger partial charge in [0.05, 0.1) is 23.8 Å². The Morgan fingerprint density at radius 3 is 2.74 bits per heavy atom. The Morgan fingerprint density at radius 2 is 2.06 bits per heavy atom. The molecule has 1 unspecified atom stereocenters. The fourth-order valence-corrected chi connectivity index (χ4v) is 4.40. The second-order valence-corrected chi connectivity index (χ2v) is 9.67. The van der Waals surface area contributed by atoms with E-state index in [1.807, 2.05) is 14.0 Å². The molecule has 1 aliphatic rings. The lowest BCUT2D eigenvalue weighted by atomic mass is 10.1. The molecule has 1 aromatic carbocycles. The zero-order valence-corrected chi connectivity index (χ0v) is 20.5. The maximum atomic E-state index is 15.5. The van der Waals surface area contributed by atoms with Gasteiger partial charge >= 0.3 is 0 Å². The summed E-state index contributed by atoms with van der Waals surface area (Å²) in [6, 6.07) is 2.61. The number of morpholine rings is 1. The molecule has 0 saturated carbocycles. The number of ether oxygens (including phenoxy) is 2. The molecule has 1 N–H and O–H groups in total. The third-order valence-corrected chi connectivity index (χ3v) is 6.51. The largest absolute Gasteiger partial charge is 0.491 e. The number of halogens is 1. The number of nitrogens with one attached hydrogen (secondary N) is 1. The standard InChI is InChI=1S/C24H28FN5O3S/c1-14-9-28-24(34-14)21-8-18(33-13-19-12-30(4)5-6-32-19)7-20(22(21)25)23(31)29-15(2)17-10-26-16(3)27-11-17/h7-11,15,19H,5-6,12-13H2,1-4H3,(H,29,31)/t15-,19?/m1/s1. The topological polar surface area (TPSA) is 89.5 Å². The molecule has 10 heteroatoms. The molecule has 34 heavy (non-hydrogen) atoms. The summed E-state index contributed by atoms with van der Waals surface area (Å²) >= 11 is 1.36. The summed E-state index contributed by atoms with van der Waals surface area (Å²) < 4.78 is 27.3. The Labute approximate surface area is 202 Å². The molecule has 2 aromatic heterocycles. The number of hydrogen-bond donors (Lipinski definition) is 1. The second kappa shape index (κ2) is 10.5. The molecule has 0 bridgehead atoms. The van der Waals surface area contributed by atoms with Crippen LogP contribution < -0.4 is 10.1 Å². The Bertz CT molecular complexity index is 1150. The maximum absolute atomic E-state index is 15.5. The quantitative estimate of drug-likeness (QED) is 0.547. The van der Waals surface area contributed by atoms with Gasteiger partial charge in [0.15, 0.2) is 0 Å². The first-order chi connectivity index (χ1) is 16.3. The van der Waals surface area contributed by atoms with Gasteiger partial charge in [0.25, 0.3) is 5.91 Å². The van der Waals surface area contributed by atoms with E-state index < -0.39 is 17.8 Å². The van der Waals surface area contributed by atoms with Crippen molar-refractivity contribution in [2.75, 3.05) is 33.4 Å². The van der Waals surface area contributed by atoms with E-state index in [4.69, 9.17) is 9.47 Å². The third-order valence-electron chi connectivity index (χ3n) is 5.57. The van der Waals surface area contributed by atoms with E-state index in [0.717, 1.165) is 23.5 Å². The second-order valence-electron chi connectivity index (χ2n) is 8.43. The highest BCUT2D eigenvalue weighted by Crippen LogP contribution is 2.33. The Balaban J connectivity index is 1.59. The van der Waals surface area contributed by atoms with Crippen LogP contribution in [0.3, 0.4) is 0 Å². The van der Waals surface area contributed by atoms with Gasteiger partial charge < -0.3 is 19.7 Å². The van der Waals surface area contributed by atoms with Crippen LogP contribution in [0.25, 0.3) is 10.6 Å². The zero-order valence-electron chi connectivity index (χ0n) is 19.7. The first kappa shape index (κ1) is 24.2. The molecule has 1 fully saturated rings. The van der Waals surface area contributed by atoms with E-state index >= 15 is 4.39 Å². The zero-order chi connectivity index (χ0) is 24.2. The van der Waals surface area contributed by atoms with Gasteiger partial charge in [-0.1, -0.05) is 0 Å². The molecule has 1 saturated heterocycles. The molecule has 3 heterocycles. The Kier molecular flexibility index (Phi) is 7.50. The van der Waals surface area contributed by atoms with Crippen molar-refractivity contribution in [1.82, 2.24) is 25.2 Å². The Hall–Kier alpha value is -2.95. The predicted molar refractivity (Wildman–Crippen MR) is 128 cm³/mol. The van der Waals surface area contributed by atoms with Gasteiger partial charge in [-0.15, -0.1) is 11.3 Å². The molecule has 8 nitrogen and oxygen atoms in total. The lowest BCUT2D eigenvalue weighted by molar-refractivity contribution is -0.0403. The van der Waals surface area contributed by atoms with Gasteiger partial charge in [0, 0.05) is 42.1 Å². The monoisotopic (exact) mass is 485 g/mol. The summed E-state index contributed by atoms with van der Waals surface area (Å²) in [6.45, 7) is 8.02. The van der Waals surface area contributed by atoms with Crippen molar-refractivity contribution in [1.29, 1.82) is 0 Å². The van der Waals surface area contributed by atoms with Crippen molar-refractivity contribution in [3.8, 4) is 16.3 Å². The highest BCUT2D eigenvalue weighted by molar-refractivity contribution is 7.14. The Morgan fingerprint density at radius 1 is 1.29 bits per heavy atom. The summed E-state index contributed by atoms with van der Waals surface area (Å²) in [7, 11) is 2.03. The number of aryl methyl sites for hydroxylation is 2. The van der Waals surface area contributed by atoms with Crippen LogP contribution in [0.5, 0.6) is 5.75 Å². The highest BCUT2D eigenvalue weighted by atomic mass is 32.1. The number of carbonyl (C=O) groups excluding carboxylic acids is 1. The molecular formula is C24H28FN5O3S. The molecule has 0 spiro atoms. The van der Waals surface area contributed by atoms with Crippen LogP contribution in [0.1, 0.15) is 39.6 Å². The molecule has 4 rings (SSSR count). The first-order valence-electron chi connectivity index (χ1n) is 11.1. The van der Waals surface area contributed by atoms with Crippen molar-refractivity contribution in [2.24, 2.45) is 0 Å². The van der Waals surface area contributed by atoms with E-state index in [-0.39, 0.29) is 17.2 Å². The van der Waals surface area contributed by atoms with Crippen LogP contribution in [0.15, 0.2) is 30.7 Å². The smallest absolute Gasteiger partial charge is 0.254 e. The van der Waals surface area contributed by atoms with Gasteiger partial charge in [-0.3, -0.25) is 4.79 Å². The summed E-state index contributed by atoms with van der Waals surface area (Å²) in [5.41, 5.74) is 0.844. The van der Waals surface area contributed by atoms with Gasteiger partial charge in [0.1, 0.15) is 35.1 Å². The molecule has 180 valence electrons. The van der Waals surface area contributed by atoms with E-state index in [0.29, 0.717) is 29.8 Å².